The molecule has 1 saturated heterocycles. The summed E-state index contributed by atoms with van der Waals surface area (Å²) in [6.07, 6.45) is 6.24. The van der Waals surface area contributed by atoms with Gasteiger partial charge in [-0.2, -0.15) is 0 Å². The molecule has 24 heavy (non-hydrogen) atoms. The molecule has 0 aromatic carbocycles. The molecule has 0 unspecified atom stereocenters. The van der Waals surface area contributed by atoms with Gasteiger partial charge < -0.3 is 19.0 Å². The molecule has 1 N–H and O–H groups in total. The van der Waals surface area contributed by atoms with Crippen LogP contribution in [-0.2, 0) is 18.2 Å². The van der Waals surface area contributed by atoms with Gasteiger partial charge in [-0.1, -0.05) is 6.92 Å². The van der Waals surface area contributed by atoms with E-state index in [0.29, 0.717) is 30.3 Å². The van der Waals surface area contributed by atoms with Crippen molar-refractivity contribution in [2.75, 3.05) is 13.2 Å². The summed E-state index contributed by atoms with van der Waals surface area (Å²) in [6.45, 7) is 4.99. The zero-order valence-electron chi connectivity index (χ0n) is 14.4. The normalized spacial score (nSPS) is 21.0. The molecule has 1 fully saturated rings. The quantitative estimate of drug-likeness (QED) is 0.907. The monoisotopic (exact) mass is 332 g/mol. The maximum Gasteiger partial charge on any atom is 0.289 e. The highest BCUT2D eigenvalue weighted by Crippen LogP contribution is 2.32. The van der Waals surface area contributed by atoms with Crippen LogP contribution in [0.25, 0.3) is 0 Å². The minimum absolute atomic E-state index is 0.0962. The van der Waals surface area contributed by atoms with Crippen molar-refractivity contribution in [1.82, 2.24) is 19.9 Å². The van der Waals surface area contributed by atoms with E-state index in [4.69, 9.17) is 9.15 Å². The first-order chi connectivity index (χ1) is 11.6. The molecule has 1 aliphatic rings. The molecular weight excluding hydrogens is 308 g/mol. The van der Waals surface area contributed by atoms with E-state index in [2.05, 4.69) is 15.3 Å². The maximum absolute atomic E-state index is 12.4. The molecule has 3 heterocycles. The van der Waals surface area contributed by atoms with Crippen molar-refractivity contribution >= 4 is 5.91 Å². The van der Waals surface area contributed by atoms with Gasteiger partial charge in [-0.25, -0.2) is 9.97 Å². The molecule has 0 bridgehead atoms. The molecule has 7 heteroatoms. The Kier molecular flexibility index (Phi) is 4.99. The highest BCUT2D eigenvalue weighted by atomic mass is 16.5. The Labute approximate surface area is 141 Å². The van der Waals surface area contributed by atoms with Crippen LogP contribution in [0.1, 0.15) is 53.8 Å². The smallest absolute Gasteiger partial charge is 0.289 e. The van der Waals surface area contributed by atoms with Crippen LogP contribution >= 0.6 is 0 Å². The van der Waals surface area contributed by atoms with Crippen molar-refractivity contribution in [3.05, 3.63) is 35.6 Å². The SMILES string of the molecule is CCc1nc(C)c(C(=O)NC[C@@H]2CCCO[C@H]2c2nccn2C)o1. The molecular formula is C17H24N4O3. The van der Waals surface area contributed by atoms with Crippen molar-refractivity contribution in [3.63, 3.8) is 0 Å². The Hall–Kier alpha value is -2.15. The minimum Gasteiger partial charge on any atom is -0.435 e. The summed E-state index contributed by atoms with van der Waals surface area (Å²) >= 11 is 0. The van der Waals surface area contributed by atoms with Crippen LogP contribution in [0, 0.1) is 12.8 Å². The van der Waals surface area contributed by atoms with Gasteiger partial charge in [0.05, 0.1) is 5.69 Å². The second-order valence-electron chi connectivity index (χ2n) is 6.18. The van der Waals surface area contributed by atoms with Gasteiger partial charge in [-0.05, 0) is 19.8 Å². The number of ether oxygens (including phenoxy) is 1. The molecule has 0 radical (unpaired) electrons. The molecule has 1 aliphatic heterocycles. The summed E-state index contributed by atoms with van der Waals surface area (Å²) in [5, 5.41) is 2.97. The molecule has 1 amide bonds. The number of aromatic nitrogens is 3. The number of amides is 1. The summed E-state index contributed by atoms with van der Waals surface area (Å²) in [4.78, 5) is 21.0. The van der Waals surface area contributed by atoms with Crippen LogP contribution in [0.15, 0.2) is 16.8 Å². The highest BCUT2D eigenvalue weighted by Gasteiger charge is 2.31. The van der Waals surface area contributed by atoms with Gasteiger partial charge in [-0.15, -0.1) is 0 Å². The Bertz CT molecular complexity index is 707. The summed E-state index contributed by atoms with van der Waals surface area (Å²) in [5.41, 5.74) is 0.630. The van der Waals surface area contributed by atoms with Crippen molar-refractivity contribution in [2.24, 2.45) is 13.0 Å². The van der Waals surface area contributed by atoms with Crippen LogP contribution < -0.4 is 5.32 Å². The van der Waals surface area contributed by atoms with Gasteiger partial charge in [0.1, 0.15) is 11.9 Å². The Balaban J connectivity index is 1.66. The molecule has 0 spiro atoms. The van der Waals surface area contributed by atoms with Gasteiger partial charge in [0.2, 0.25) is 5.76 Å². The first-order valence-corrected chi connectivity index (χ1v) is 8.43. The van der Waals surface area contributed by atoms with E-state index in [1.165, 1.54) is 0 Å². The van der Waals surface area contributed by atoms with Gasteiger partial charge in [0.25, 0.3) is 5.91 Å². The van der Waals surface area contributed by atoms with Crippen molar-refractivity contribution in [1.29, 1.82) is 0 Å². The fourth-order valence-electron chi connectivity index (χ4n) is 3.11. The zero-order valence-corrected chi connectivity index (χ0v) is 14.4. The van der Waals surface area contributed by atoms with Crippen LogP contribution in [0.2, 0.25) is 0 Å². The lowest BCUT2D eigenvalue weighted by Gasteiger charge is -2.31. The van der Waals surface area contributed by atoms with Crippen LogP contribution in [0.3, 0.4) is 0 Å². The molecule has 2 aromatic heterocycles. The average Bonchev–Trinajstić information content (AvgIpc) is 3.18. The molecule has 3 rings (SSSR count). The van der Waals surface area contributed by atoms with E-state index >= 15 is 0 Å². The number of hydrogen-bond donors (Lipinski definition) is 1. The predicted octanol–water partition coefficient (Wildman–Crippen LogP) is 2.18. The summed E-state index contributed by atoms with van der Waals surface area (Å²) < 4.78 is 13.4. The van der Waals surface area contributed by atoms with E-state index in [9.17, 15) is 4.79 Å². The van der Waals surface area contributed by atoms with Gasteiger partial charge in [0, 0.05) is 44.9 Å². The molecule has 2 aromatic rings. The molecule has 130 valence electrons. The average molecular weight is 332 g/mol. The molecule has 0 saturated carbocycles. The van der Waals surface area contributed by atoms with E-state index in [1.54, 1.807) is 13.1 Å². The first kappa shape index (κ1) is 16.7. The Morgan fingerprint density at radius 2 is 2.33 bits per heavy atom. The number of aryl methyl sites for hydroxylation is 3. The van der Waals surface area contributed by atoms with Gasteiger partial charge in [-0.3, -0.25) is 4.79 Å². The Morgan fingerprint density at radius 1 is 1.50 bits per heavy atom. The number of hydrogen-bond acceptors (Lipinski definition) is 5. The first-order valence-electron chi connectivity index (χ1n) is 8.43. The summed E-state index contributed by atoms with van der Waals surface area (Å²) in [5.74, 6) is 1.77. The lowest BCUT2D eigenvalue weighted by Crippen LogP contribution is -2.36. The van der Waals surface area contributed by atoms with E-state index in [0.717, 1.165) is 25.3 Å². The minimum atomic E-state index is -0.219. The summed E-state index contributed by atoms with van der Waals surface area (Å²) in [7, 11) is 1.96. The molecule has 0 aliphatic carbocycles. The highest BCUT2D eigenvalue weighted by molar-refractivity contribution is 5.92. The largest absolute Gasteiger partial charge is 0.435 e. The van der Waals surface area contributed by atoms with Crippen molar-refractivity contribution < 1.29 is 13.9 Å². The summed E-state index contributed by atoms with van der Waals surface area (Å²) in [6, 6.07) is 0. The second-order valence-corrected chi connectivity index (χ2v) is 6.18. The maximum atomic E-state index is 12.4. The number of carbonyl (C=O) groups excluding carboxylic acids is 1. The lowest BCUT2D eigenvalue weighted by atomic mass is 9.93. The van der Waals surface area contributed by atoms with Crippen LogP contribution in [-0.4, -0.2) is 33.6 Å². The number of oxazole rings is 1. The van der Waals surface area contributed by atoms with Crippen LogP contribution in [0.5, 0.6) is 0 Å². The third kappa shape index (κ3) is 3.36. The van der Waals surface area contributed by atoms with E-state index in [-0.39, 0.29) is 17.9 Å². The number of carbonyl (C=O) groups is 1. The third-order valence-electron chi connectivity index (χ3n) is 4.43. The Morgan fingerprint density at radius 3 is 3.00 bits per heavy atom. The number of rotatable bonds is 5. The predicted molar refractivity (Wildman–Crippen MR) is 87.6 cm³/mol. The number of imidazole rings is 1. The fourth-order valence-corrected chi connectivity index (χ4v) is 3.11. The third-order valence-corrected chi connectivity index (χ3v) is 4.43. The van der Waals surface area contributed by atoms with Crippen LogP contribution in [0.4, 0.5) is 0 Å². The van der Waals surface area contributed by atoms with Gasteiger partial charge in [0.15, 0.2) is 5.89 Å². The molecule has 7 nitrogen and oxygen atoms in total. The lowest BCUT2D eigenvalue weighted by molar-refractivity contribution is -0.0338. The second kappa shape index (κ2) is 7.17. The van der Waals surface area contributed by atoms with E-state index < -0.39 is 0 Å². The van der Waals surface area contributed by atoms with Crippen molar-refractivity contribution in [2.45, 2.75) is 39.2 Å². The number of nitrogens with zero attached hydrogens (tertiary/aromatic N) is 3. The molecule has 2 atom stereocenters. The standard InChI is InChI=1S/C17H24N4O3/c1-4-13-20-11(2)14(24-13)17(22)19-10-12-6-5-9-23-15(12)16-18-7-8-21(16)3/h7-8,12,15H,4-6,9-10H2,1-3H3,(H,19,22)/t12-,15+/m0/s1. The number of nitrogens with one attached hydrogen (secondary N) is 1. The van der Waals surface area contributed by atoms with E-state index in [1.807, 2.05) is 24.7 Å². The fraction of sp³-hybridized carbons (Fsp3) is 0.588. The van der Waals surface area contributed by atoms with Crippen molar-refractivity contribution in [3.8, 4) is 0 Å². The van der Waals surface area contributed by atoms with Gasteiger partial charge >= 0.3 is 0 Å². The zero-order chi connectivity index (χ0) is 17.1. The topological polar surface area (TPSA) is 82.2 Å².